The van der Waals surface area contributed by atoms with Gasteiger partial charge in [-0.1, -0.05) is 12.1 Å². The van der Waals surface area contributed by atoms with Gasteiger partial charge >= 0.3 is 0 Å². The third-order valence-corrected chi connectivity index (χ3v) is 3.78. The van der Waals surface area contributed by atoms with E-state index in [9.17, 15) is 19.7 Å². The molecule has 9 nitrogen and oxygen atoms in total. The monoisotopic (exact) mass is 357 g/mol. The number of ether oxygens (including phenoxy) is 2. The number of amides is 2. The van der Waals surface area contributed by atoms with E-state index in [0.717, 1.165) is 0 Å². The summed E-state index contributed by atoms with van der Waals surface area (Å²) in [5.74, 6) is -0.0933. The van der Waals surface area contributed by atoms with Crippen LogP contribution in [0.1, 0.15) is 0 Å². The van der Waals surface area contributed by atoms with E-state index in [-0.39, 0.29) is 36.2 Å². The Kier molecular flexibility index (Phi) is 4.70. The molecule has 0 spiro atoms. The van der Waals surface area contributed by atoms with Crippen molar-refractivity contribution in [2.24, 2.45) is 0 Å². The number of fused-ring (bicyclic) bond motifs is 1. The van der Waals surface area contributed by atoms with Gasteiger partial charge in [0.25, 0.3) is 11.6 Å². The maximum absolute atomic E-state index is 12.4. The summed E-state index contributed by atoms with van der Waals surface area (Å²) in [4.78, 5) is 36.2. The number of nitrogens with one attached hydrogen (secondary N) is 1. The predicted molar refractivity (Wildman–Crippen MR) is 92.6 cm³/mol. The smallest absolute Gasteiger partial charge is 0.271 e. The SMILES string of the molecule is COc1ccc([N+](=O)[O-])cc1NC(=O)CN1C(=O)COc2ccccc21. The summed E-state index contributed by atoms with van der Waals surface area (Å²) in [7, 11) is 1.39. The van der Waals surface area contributed by atoms with E-state index >= 15 is 0 Å². The number of anilines is 2. The van der Waals surface area contributed by atoms with E-state index in [0.29, 0.717) is 11.4 Å². The highest BCUT2D eigenvalue weighted by Crippen LogP contribution is 2.32. The maximum atomic E-state index is 12.4. The molecule has 1 aliphatic heterocycles. The number of carbonyl (C=O) groups excluding carboxylic acids is 2. The number of nitro groups is 1. The van der Waals surface area contributed by atoms with Gasteiger partial charge < -0.3 is 14.8 Å². The summed E-state index contributed by atoms with van der Waals surface area (Å²) < 4.78 is 10.4. The zero-order chi connectivity index (χ0) is 18.7. The first kappa shape index (κ1) is 17.2. The van der Waals surface area contributed by atoms with Crippen LogP contribution in [0.25, 0.3) is 0 Å². The number of rotatable bonds is 5. The molecule has 0 radical (unpaired) electrons. The second kappa shape index (κ2) is 7.09. The molecule has 0 fully saturated rings. The average Bonchev–Trinajstić information content (AvgIpc) is 2.64. The number of methoxy groups -OCH3 is 1. The van der Waals surface area contributed by atoms with Crippen molar-refractivity contribution < 1.29 is 24.0 Å². The van der Waals surface area contributed by atoms with Crippen molar-refractivity contribution in [3.63, 3.8) is 0 Å². The summed E-state index contributed by atoms with van der Waals surface area (Å²) in [6.07, 6.45) is 0. The molecule has 2 amide bonds. The highest BCUT2D eigenvalue weighted by Gasteiger charge is 2.27. The normalized spacial score (nSPS) is 12.8. The Hall–Kier alpha value is -3.62. The Balaban J connectivity index is 1.80. The number of benzene rings is 2. The second-order valence-electron chi connectivity index (χ2n) is 5.43. The molecular formula is C17H15N3O6. The minimum absolute atomic E-state index is 0.153. The molecule has 1 heterocycles. The van der Waals surface area contributed by atoms with Gasteiger partial charge in [-0.25, -0.2) is 0 Å². The fourth-order valence-electron chi connectivity index (χ4n) is 2.57. The van der Waals surface area contributed by atoms with Crippen molar-refractivity contribution in [3.8, 4) is 11.5 Å². The van der Waals surface area contributed by atoms with Crippen molar-refractivity contribution in [3.05, 3.63) is 52.6 Å². The molecule has 26 heavy (non-hydrogen) atoms. The van der Waals surface area contributed by atoms with Crippen LogP contribution < -0.4 is 19.7 Å². The number of non-ortho nitro benzene ring substituents is 1. The van der Waals surface area contributed by atoms with E-state index in [2.05, 4.69) is 5.32 Å². The van der Waals surface area contributed by atoms with Crippen molar-refractivity contribution in [2.75, 3.05) is 30.5 Å². The number of nitrogens with zero attached hydrogens (tertiary/aromatic N) is 2. The summed E-state index contributed by atoms with van der Waals surface area (Å²) in [5.41, 5.74) is 0.458. The maximum Gasteiger partial charge on any atom is 0.271 e. The summed E-state index contributed by atoms with van der Waals surface area (Å²) in [5, 5.41) is 13.5. The van der Waals surface area contributed by atoms with E-state index in [1.165, 1.54) is 30.2 Å². The number of nitro benzene ring substituents is 1. The zero-order valence-corrected chi connectivity index (χ0v) is 13.8. The third-order valence-electron chi connectivity index (χ3n) is 3.78. The zero-order valence-electron chi connectivity index (χ0n) is 13.8. The Labute approximate surface area is 148 Å². The van der Waals surface area contributed by atoms with Gasteiger partial charge in [-0.05, 0) is 18.2 Å². The predicted octanol–water partition coefficient (Wildman–Crippen LogP) is 1.97. The van der Waals surface area contributed by atoms with Crippen LogP contribution in [0.4, 0.5) is 17.1 Å². The first-order chi connectivity index (χ1) is 12.5. The Bertz CT molecular complexity index is 883. The van der Waals surface area contributed by atoms with E-state index < -0.39 is 10.8 Å². The van der Waals surface area contributed by atoms with Gasteiger partial charge in [0.15, 0.2) is 6.61 Å². The molecule has 0 atom stereocenters. The van der Waals surface area contributed by atoms with Gasteiger partial charge in [0, 0.05) is 12.1 Å². The van der Waals surface area contributed by atoms with E-state index in [1.54, 1.807) is 24.3 Å². The molecule has 0 aromatic heterocycles. The molecule has 2 aromatic rings. The van der Waals surface area contributed by atoms with E-state index in [4.69, 9.17) is 9.47 Å². The van der Waals surface area contributed by atoms with Crippen molar-refractivity contribution in [2.45, 2.75) is 0 Å². The fraction of sp³-hybridized carbons (Fsp3) is 0.176. The second-order valence-corrected chi connectivity index (χ2v) is 5.43. The molecule has 0 bridgehead atoms. The lowest BCUT2D eigenvalue weighted by Gasteiger charge is -2.28. The fourth-order valence-corrected chi connectivity index (χ4v) is 2.57. The largest absolute Gasteiger partial charge is 0.495 e. The average molecular weight is 357 g/mol. The van der Waals surface area contributed by atoms with Gasteiger partial charge in [0.1, 0.15) is 18.0 Å². The minimum Gasteiger partial charge on any atom is -0.495 e. The molecule has 3 rings (SSSR count). The summed E-state index contributed by atoms with van der Waals surface area (Å²) in [6, 6.07) is 10.7. The molecule has 134 valence electrons. The highest BCUT2D eigenvalue weighted by atomic mass is 16.6. The Morgan fingerprint density at radius 2 is 2.12 bits per heavy atom. The number of hydrogen-bond donors (Lipinski definition) is 1. The van der Waals surface area contributed by atoms with Gasteiger partial charge in [0.05, 0.1) is 23.4 Å². The van der Waals surface area contributed by atoms with Crippen LogP contribution >= 0.6 is 0 Å². The van der Waals surface area contributed by atoms with Crippen LogP contribution in [0, 0.1) is 10.1 Å². The molecule has 1 aliphatic rings. The lowest BCUT2D eigenvalue weighted by atomic mass is 10.2. The van der Waals surface area contributed by atoms with Crippen molar-refractivity contribution in [1.29, 1.82) is 0 Å². The van der Waals surface area contributed by atoms with Crippen molar-refractivity contribution in [1.82, 2.24) is 0 Å². The number of para-hydroxylation sites is 2. The summed E-state index contributed by atoms with van der Waals surface area (Å²) in [6.45, 7) is -0.421. The molecular weight excluding hydrogens is 342 g/mol. The molecule has 2 aromatic carbocycles. The van der Waals surface area contributed by atoms with Crippen LogP contribution in [-0.4, -0.2) is 37.0 Å². The molecule has 0 saturated heterocycles. The van der Waals surface area contributed by atoms with Gasteiger partial charge in [-0.15, -0.1) is 0 Å². The van der Waals surface area contributed by atoms with Gasteiger partial charge in [0.2, 0.25) is 5.91 Å². The van der Waals surface area contributed by atoms with Gasteiger partial charge in [-0.3, -0.25) is 24.6 Å². The lowest BCUT2D eigenvalue weighted by Crippen LogP contribution is -2.43. The number of hydrogen-bond acceptors (Lipinski definition) is 6. The summed E-state index contributed by atoms with van der Waals surface area (Å²) >= 11 is 0. The van der Waals surface area contributed by atoms with Crippen LogP contribution in [0.3, 0.4) is 0 Å². The molecule has 0 unspecified atom stereocenters. The number of carbonyl (C=O) groups is 2. The highest BCUT2D eigenvalue weighted by molar-refractivity contribution is 6.05. The van der Waals surface area contributed by atoms with Crippen LogP contribution in [0.2, 0.25) is 0 Å². The topological polar surface area (TPSA) is 111 Å². The quantitative estimate of drug-likeness (QED) is 0.647. The van der Waals surface area contributed by atoms with Crippen molar-refractivity contribution >= 4 is 28.9 Å². The first-order valence-corrected chi connectivity index (χ1v) is 7.64. The van der Waals surface area contributed by atoms with Crippen LogP contribution in [0.15, 0.2) is 42.5 Å². The Morgan fingerprint density at radius 3 is 2.85 bits per heavy atom. The van der Waals surface area contributed by atoms with Crippen LogP contribution in [-0.2, 0) is 9.59 Å². The third kappa shape index (κ3) is 3.41. The lowest BCUT2D eigenvalue weighted by molar-refractivity contribution is -0.384. The molecule has 0 aliphatic carbocycles. The molecule has 1 N–H and O–H groups in total. The minimum atomic E-state index is -0.573. The standard InChI is InChI=1S/C17H15N3O6/c1-25-14-7-6-11(20(23)24)8-12(14)18-16(21)9-19-13-4-2-3-5-15(13)26-10-17(19)22/h2-8H,9-10H2,1H3,(H,18,21). The van der Waals surface area contributed by atoms with Gasteiger partial charge in [-0.2, -0.15) is 0 Å². The molecule has 9 heteroatoms. The Morgan fingerprint density at radius 1 is 1.35 bits per heavy atom. The first-order valence-electron chi connectivity index (χ1n) is 7.64. The van der Waals surface area contributed by atoms with Crippen LogP contribution in [0.5, 0.6) is 11.5 Å². The molecule has 0 saturated carbocycles. The van der Waals surface area contributed by atoms with E-state index in [1.807, 2.05) is 0 Å².